The minimum atomic E-state index is -1.97. The van der Waals surface area contributed by atoms with Gasteiger partial charge in [-0.05, 0) is 13.0 Å². The summed E-state index contributed by atoms with van der Waals surface area (Å²) in [7, 11) is 0. The lowest BCUT2D eigenvalue weighted by molar-refractivity contribution is 0.101. The molecule has 0 spiro atoms. The van der Waals surface area contributed by atoms with E-state index in [2.05, 4.69) is 0 Å². The van der Waals surface area contributed by atoms with Gasteiger partial charge in [-0.1, -0.05) is 0 Å². The summed E-state index contributed by atoms with van der Waals surface area (Å²) >= 11 is 0. The first-order chi connectivity index (χ1) is 5.95. The van der Waals surface area contributed by atoms with E-state index in [9.17, 15) is 22.4 Å². The molecule has 70 valence electrons. The molecule has 13 heavy (non-hydrogen) atoms. The quantitative estimate of drug-likeness (QED) is 0.289. The predicted molar refractivity (Wildman–Crippen MR) is 36.3 cm³/mol. The fraction of sp³-hybridized carbons (Fsp3) is 0.125. The van der Waals surface area contributed by atoms with Crippen LogP contribution in [0.4, 0.5) is 17.6 Å². The van der Waals surface area contributed by atoms with E-state index in [0.29, 0.717) is 6.07 Å². The molecule has 0 aromatic heterocycles. The monoisotopic (exact) mass is 192 g/mol. The molecule has 1 aromatic rings. The summed E-state index contributed by atoms with van der Waals surface area (Å²) in [6, 6.07) is 0.329. The molecule has 0 aliphatic carbocycles. The Morgan fingerprint density at radius 3 is 2.08 bits per heavy atom. The number of carbonyl (C=O) groups excluding carboxylic acids is 1. The lowest BCUT2D eigenvalue weighted by atomic mass is 10.1. The van der Waals surface area contributed by atoms with Crippen molar-refractivity contribution in [3.63, 3.8) is 0 Å². The number of halogens is 4. The molecule has 1 aromatic carbocycles. The highest BCUT2D eigenvalue weighted by Gasteiger charge is 2.20. The second kappa shape index (κ2) is 3.16. The Kier molecular flexibility index (Phi) is 2.36. The molecule has 0 atom stereocenters. The van der Waals surface area contributed by atoms with Crippen LogP contribution in [0, 0.1) is 23.3 Å². The molecule has 0 saturated heterocycles. The van der Waals surface area contributed by atoms with E-state index in [1.54, 1.807) is 0 Å². The molecular weight excluding hydrogens is 188 g/mol. The van der Waals surface area contributed by atoms with Crippen LogP contribution >= 0.6 is 0 Å². The van der Waals surface area contributed by atoms with Gasteiger partial charge in [0.15, 0.2) is 29.1 Å². The van der Waals surface area contributed by atoms with Crippen LogP contribution in [0.3, 0.4) is 0 Å². The predicted octanol–water partition coefficient (Wildman–Crippen LogP) is 2.45. The normalized spacial score (nSPS) is 10.2. The molecule has 0 aliphatic rings. The summed E-state index contributed by atoms with van der Waals surface area (Å²) in [5, 5.41) is 0. The van der Waals surface area contributed by atoms with Gasteiger partial charge in [-0.25, -0.2) is 17.6 Å². The van der Waals surface area contributed by atoms with Crippen LogP contribution in [0.1, 0.15) is 17.3 Å². The molecule has 1 rings (SSSR count). The van der Waals surface area contributed by atoms with E-state index in [1.807, 2.05) is 0 Å². The Labute approximate surface area is 71.0 Å². The Morgan fingerprint density at radius 2 is 1.62 bits per heavy atom. The van der Waals surface area contributed by atoms with Crippen molar-refractivity contribution in [1.29, 1.82) is 0 Å². The van der Waals surface area contributed by atoms with Gasteiger partial charge in [0.05, 0.1) is 5.56 Å². The highest BCUT2D eigenvalue weighted by Crippen LogP contribution is 2.18. The van der Waals surface area contributed by atoms with Crippen LogP contribution in [-0.4, -0.2) is 5.78 Å². The van der Waals surface area contributed by atoms with Gasteiger partial charge in [-0.3, -0.25) is 4.79 Å². The number of carbonyl (C=O) groups is 1. The number of hydrogen-bond donors (Lipinski definition) is 0. The van der Waals surface area contributed by atoms with Crippen LogP contribution in [0.15, 0.2) is 6.07 Å². The zero-order chi connectivity index (χ0) is 10.2. The fourth-order valence-electron chi connectivity index (χ4n) is 0.829. The number of ketones is 1. The molecule has 0 bridgehead atoms. The van der Waals surface area contributed by atoms with Crippen molar-refractivity contribution in [3.05, 3.63) is 34.9 Å². The molecular formula is C8H4F4O. The summed E-state index contributed by atoms with van der Waals surface area (Å²) in [6.45, 7) is 0.926. The molecule has 0 radical (unpaired) electrons. The molecule has 0 aliphatic heterocycles. The summed E-state index contributed by atoms with van der Waals surface area (Å²) in [4.78, 5) is 10.6. The van der Waals surface area contributed by atoms with Gasteiger partial charge in [0, 0.05) is 0 Å². The van der Waals surface area contributed by atoms with E-state index in [0.717, 1.165) is 6.92 Å². The Balaban J connectivity index is 3.50. The molecule has 0 N–H and O–H groups in total. The third-order valence-electron chi connectivity index (χ3n) is 1.48. The maximum Gasteiger partial charge on any atom is 0.198 e. The van der Waals surface area contributed by atoms with Crippen LogP contribution in [-0.2, 0) is 0 Å². The van der Waals surface area contributed by atoms with Crippen LogP contribution in [0.2, 0.25) is 0 Å². The molecule has 0 amide bonds. The first kappa shape index (κ1) is 9.70. The third kappa shape index (κ3) is 1.54. The van der Waals surface area contributed by atoms with Gasteiger partial charge in [-0.15, -0.1) is 0 Å². The van der Waals surface area contributed by atoms with Gasteiger partial charge in [0.1, 0.15) is 0 Å². The standard InChI is InChI=1S/C8H4F4O/c1-3(13)4-2-5(9)7(11)8(12)6(4)10/h2H,1H3. The second-order valence-electron chi connectivity index (χ2n) is 2.40. The zero-order valence-corrected chi connectivity index (χ0v) is 6.50. The maximum absolute atomic E-state index is 12.7. The van der Waals surface area contributed by atoms with Crippen molar-refractivity contribution in [3.8, 4) is 0 Å². The van der Waals surface area contributed by atoms with Crippen LogP contribution < -0.4 is 0 Å². The van der Waals surface area contributed by atoms with Crippen LogP contribution in [0.25, 0.3) is 0 Å². The first-order valence-corrected chi connectivity index (χ1v) is 3.29. The number of rotatable bonds is 1. The van der Waals surface area contributed by atoms with Crippen molar-refractivity contribution in [1.82, 2.24) is 0 Å². The summed E-state index contributed by atoms with van der Waals surface area (Å²) in [6.07, 6.45) is 0. The summed E-state index contributed by atoms with van der Waals surface area (Å²) in [5.74, 6) is -7.99. The molecule has 0 fully saturated rings. The maximum atomic E-state index is 12.7. The molecule has 0 saturated carbocycles. The largest absolute Gasteiger partial charge is 0.294 e. The van der Waals surface area contributed by atoms with Crippen molar-refractivity contribution in [2.75, 3.05) is 0 Å². The van der Waals surface area contributed by atoms with Gasteiger partial charge >= 0.3 is 0 Å². The van der Waals surface area contributed by atoms with E-state index < -0.39 is 34.6 Å². The highest BCUT2D eigenvalue weighted by molar-refractivity contribution is 5.94. The third-order valence-corrected chi connectivity index (χ3v) is 1.48. The van der Waals surface area contributed by atoms with Crippen LogP contribution in [0.5, 0.6) is 0 Å². The average molecular weight is 192 g/mol. The topological polar surface area (TPSA) is 17.1 Å². The van der Waals surface area contributed by atoms with E-state index >= 15 is 0 Å². The number of Topliss-reactive ketones (excluding diaryl/α,β-unsaturated/α-hetero) is 1. The van der Waals surface area contributed by atoms with Gasteiger partial charge < -0.3 is 0 Å². The first-order valence-electron chi connectivity index (χ1n) is 3.29. The van der Waals surface area contributed by atoms with Crippen molar-refractivity contribution < 1.29 is 22.4 Å². The molecule has 0 heterocycles. The van der Waals surface area contributed by atoms with Crippen molar-refractivity contribution >= 4 is 5.78 Å². The van der Waals surface area contributed by atoms with E-state index in [4.69, 9.17) is 0 Å². The van der Waals surface area contributed by atoms with Gasteiger partial charge in [0.2, 0.25) is 0 Å². The SMILES string of the molecule is CC(=O)c1cc(F)c(F)c(F)c1F. The summed E-state index contributed by atoms with van der Waals surface area (Å²) in [5.41, 5.74) is -0.795. The Hall–Kier alpha value is -1.39. The average Bonchev–Trinajstić information content (AvgIpc) is 2.07. The zero-order valence-electron chi connectivity index (χ0n) is 6.50. The smallest absolute Gasteiger partial charge is 0.198 e. The number of benzene rings is 1. The second-order valence-corrected chi connectivity index (χ2v) is 2.40. The Morgan fingerprint density at radius 1 is 1.08 bits per heavy atom. The highest BCUT2D eigenvalue weighted by atomic mass is 19.2. The van der Waals surface area contributed by atoms with Gasteiger partial charge in [0.25, 0.3) is 0 Å². The minimum Gasteiger partial charge on any atom is -0.294 e. The molecule has 0 unspecified atom stereocenters. The van der Waals surface area contributed by atoms with Crippen molar-refractivity contribution in [2.45, 2.75) is 6.92 Å². The lowest BCUT2D eigenvalue weighted by Crippen LogP contribution is -2.04. The fourth-order valence-corrected chi connectivity index (χ4v) is 0.829. The van der Waals surface area contributed by atoms with Crippen molar-refractivity contribution in [2.24, 2.45) is 0 Å². The molecule has 5 heteroatoms. The van der Waals surface area contributed by atoms with E-state index in [-0.39, 0.29) is 0 Å². The minimum absolute atomic E-state index is 0.329. The van der Waals surface area contributed by atoms with E-state index in [1.165, 1.54) is 0 Å². The van der Waals surface area contributed by atoms with Gasteiger partial charge in [-0.2, -0.15) is 0 Å². The lowest BCUT2D eigenvalue weighted by Gasteiger charge is -2.01. The summed E-state index contributed by atoms with van der Waals surface area (Å²) < 4.78 is 49.9. The Bertz CT molecular complexity index is 373. The molecule has 1 nitrogen and oxygen atoms in total. The number of hydrogen-bond acceptors (Lipinski definition) is 1.